The van der Waals surface area contributed by atoms with Crippen LogP contribution in [0, 0.1) is 0 Å². The van der Waals surface area contributed by atoms with Crippen LogP contribution >= 0.6 is 38.6 Å². The molecule has 0 aliphatic heterocycles. The summed E-state index contributed by atoms with van der Waals surface area (Å²) in [6.07, 6.45) is 2.50. The lowest BCUT2D eigenvalue weighted by atomic mass is 10.2. The van der Waals surface area contributed by atoms with E-state index in [1.165, 1.54) is 11.3 Å². The van der Waals surface area contributed by atoms with Crippen molar-refractivity contribution < 1.29 is 4.79 Å². The van der Waals surface area contributed by atoms with Gasteiger partial charge in [0.15, 0.2) is 0 Å². The van der Waals surface area contributed by atoms with Crippen molar-refractivity contribution in [1.29, 1.82) is 0 Å². The molecule has 0 radical (unpaired) electrons. The molecule has 0 saturated heterocycles. The monoisotopic (exact) mass is 381 g/mol. The number of rotatable bonds is 4. The van der Waals surface area contributed by atoms with Crippen LogP contribution in [0.15, 0.2) is 34.2 Å². The molecule has 4 nitrogen and oxygen atoms in total. The number of benzene rings is 1. The molecule has 3 N–H and O–H groups in total. The van der Waals surface area contributed by atoms with Crippen LogP contribution in [0.4, 0.5) is 5.69 Å². The number of anilines is 1. The van der Waals surface area contributed by atoms with Gasteiger partial charge in [0, 0.05) is 39.1 Å². The first-order valence-electron chi connectivity index (χ1n) is 6.29. The van der Waals surface area contributed by atoms with Crippen molar-refractivity contribution in [2.75, 3.05) is 12.3 Å². The fraction of sp³-hybridized carbons (Fsp3) is 0.143. The zero-order chi connectivity index (χ0) is 14.8. The van der Waals surface area contributed by atoms with Gasteiger partial charge in [-0.1, -0.05) is 15.9 Å². The number of aromatic nitrogens is 1. The van der Waals surface area contributed by atoms with Gasteiger partial charge in [0.1, 0.15) is 4.88 Å². The van der Waals surface area contributed by atoms with Gasteiger partial charge in [-0.15, -0.1) is 22.7 Å². The summed E-state index contributed by atoms with van der Waals surface area (Å²) >= 11 is 6.43. The van der Waals surface area contributed by atoms with Crippen molar-refractivity contribution in [3.8, 4) is 0 Å². The summed E-state index contributed by atoms with van der Waals surface area (Å²) in [5.41, 5.74) is 6.64. The van der Waals surface area contributed by atoms with E-state index in [9.17, 15) is 4.79 Å². The summed E-state index contributed by atoms with van der Waals surface area (Å²) in [4.78, 5) is 17.0. The van der Waals surface area contributed by atoms with Crippen LogP contribution in [0.25, 0.3) is 10.1 Å². The van der Waals surface area contributed by atoms with E-state index in [0.717, 1.165) is 26.0 Å². The number of amides is 1. The number of carbonyl (C=O) groups is 1. The molecule has 0 spiro atoms. The summed E-state index contributed by atoms with van der Waals surface area (Å²) in [6.45, 7) is 0.559. The van der Waals surface area contributed by atoms with E-state index >= 15 is 0 Å². The smallest absolute Gasteiger partial charge is 0.263 e. The molecule has 1 amide bonds. The number of hydrogen-bond donors (Lipinski definition) is 2. The first-order valence-corrected chi connectivity index (χ1v) is 8.78. The largest absolute Gasteiger partial charge is 0.397 e. The molecule has 0 aliphatic carbocycles. The van der Waals surface area contributed by atoms with Crippen molar-refractivity contribution in [3.05, 3.63) is 44.1 Å². The predicted octanol–water partition coefficient (Wildman–Crippen LogP) is 3.68. The van der Waals surface area contributed by atoms with Gasteiger partial charge in [0.05, 0.1) is 10.7 Å². The topological polar surface area (TPSA) is 68.0 Å². The molecule has 7 heteroatoms. The van der Waals surface area contributed by atoms with E-state index in [4.69, 9.17) is 5.73 Å². The molecule has 3 rings (SSSR count). The highest BCUT2D eigenvalue weighted by Gasteiger charge is 2.16. The third-order valence-electron chi connectivity index (χ3n) is 3.00. The summed E-state index contributed by atoms with van der Waals surface area (Å²) < 4.78 is 1.97. The first kappa shape index (κ1) is 14.5. The molecule has 2 aromatic heterocycles. The maximum absolute atomic E-state index is 12.2. The molecule has 108 valence electrons. The molecular formula is C14H12BrN3OS2. The normalized spacial score (nSPS) is 10.9. The lowest BCUT2D eigenvalue weighted by Crippen LogP contribution is -2.25. The minimum atomic E-state index is -0.124. The van der Waals surface area contributed by atoms with E-state index in [1.54, 1.807) is 17.5 Å². The molecular weight excluding hydrogens is 370 g/mol. The maximum Gasteiger partial charge on any atom is 0.263 e. The number of nitrogens with one attached hydrogen (secondary N) is 1. The number of thiophene rings is 1. The van der Waals surface area contributed by atoms with Crippen molar-refractivity contribution in [1.82, 2.24) is 10.3 Å². The Morgan fingerprint density at radius 2 is 2.29 bits per heavy atom. The Morgan fingerprint density at radius 3 is 3.05 bits per heavy atom. The molecule has 1 aromatic carbocycles. The summed E-state index contributed by atoms with van der Waals surface area (Å²) in [5, 5.41) is 6.76. The number of thiazole rings is 1. The highest BCUT2D eigenvalue weighted by Crippen LogP contribution is 2.35. The van der Waals surface area contributed by atoms with Crippen LogP contribution in [0.3, 0.4) is 0 Å². The number of nitrogens with zero attached hydrogens (tertiary/aromatic N) is 1. The van der Waals surface area contributed by atoms with Gasteiger partial charge >= 0.3 is 0 Å². The number of hydrogen-bond acceptors (Lipinski definition) is 5. The molecule has 0 atom stereocenters. The molecule has 0 saturated carbocycles. The third kappa shape index (κ3) is 3.09. The Balaban J connectivity index is 1.73. The number of nitrogens with two attached hydrogens (primary N) is 1. The van der Waals surface area contributed by atoms with E-state index in [1.807, 2.05) is 23.6 Å². The number of fused-ring (bicyclic) bond motifs is 1. The van der Waals surface area contributed by atoms with Crippen LogP contribution in [0.2, 0.25) is 0 Å². The lowest BCUT2D eigenvalue weighted by molar-refractivity contribution is 0.0959. The Hall–Kier alpha value is -1.44. The quantitative estimate of drug-likeness (QED) is 0.724. The standard InChI is InChI=1S/C14H12BrN3OS2/c15-8-1-2-10-9(7-8)12(16)13(21-10)14(19)18-4-3-11-17-5-6-20-11/h1-2,5-7H,3-4,16H2,(H,18,19). The Bertz CT molecular complexity index is 783. The van der Waals surface area contributed by atoms with Gasteiger partial charge in [-0.3, -0.25) is 4.79 Å². The van der Waals surface area contributed by atoms with E-state index in [-0.39, 0.29) is 5.91 Å². The summed E-state index contributed by atoms with van der Waals surface area (Å²) in [5.74, 6) is -0.124. The SMILES string of the molecule is Nc1c(C(=O)NCCc2nccs2)sc2ccc(Br)cc12. The molecule has 0 unspecified atom stereocenters. The number of nitrogen functional groups attached to an aromatic ring is 1. The van der Waals surface area contributed by atoms with Crippen LogP contribution in [-0.2, 0) is 6.42 Å². The van der Waals surface area contributed by atoms with E-state index in [0.29, 0.717) is 17.1 Å². The van der Waals surface area contributed by atoms with Crippen molar-refractivity contribution in [2.24, 2.45) is 0 Å². The minimum absolute atomic E-state index is 0.124. The maximum atomic E-state index is 12.2. The van der Waals surface area contributed by atoms with Crippen molar-refractivity contribution >= 4 is 60.3 Å². The number of halogens is 1. The first-order chi connectivity index (χ1) is 10.1. The summed E-state index contributed by atoms with van der Waals surface area (Å²) in [6, 6.07) is 5.85. The third-order valence-corrected chi connectivity index (χ3v) is 5.52. The van der Waals surface area contributed by atoms with Gasteiger partial charge in [-0.05, 0) is 18.2 Å². The zero-order valence-electron chi connectivity index (χ0n) is 10.9. The predicted molar refractivity (Wildman–Crippen MR) is 92.1 cm³/mol. The molecule has 0 fully saturated rings. The number of carbonyl (C=O) groups excluding carboxylic acids is 1. The van der Waals surface area contributed by atoms with Crippen molar-refractivity contribution in [3.63, 3.8) is 0 Å². The molecule has 3 aromatic rings. The van der Waals surface area contributed by atoms with Gasteiger partial charge in [0.2, 0.25) is 0 Å². The van der Waals surface area contributed by atoms with Crippen LogP contribution in [0.1, 0.15) is 14.7 Å². The van der Waals surface area contributed by atoms with E-state index in [2.05, 4.69) is 26.2 Å². The fourth-order valence-electron chi connectivity index (χ4n) is 2.00. The molecule has 0 bridgehead atoms. The Labute approximate surface area is 138 Å². The Morgan fingerprint density at radius 1 is 1.43 bits per heavy atom. The van der Waals surface area contributed by atoms with Gasteiger partial charge in [0.25, 0.3) is 5.91 Å². The second kappa shape index (κ2) is 6.13. The minimum Gasteiger partial charge on any atom is -0.397 e. The molecule has 2 heterocycles. The van der Waals surface area contributed by atoms with E-state index < -0.39 is 0 Å². The fourth-order valence-corrected chi connectivity index (χ4v) is 4.00. The molecule has 21 heavy (non-hydrogen) atoms. The molecule has 0 aliphatic rings. The Kier molecular flexibility index (Phi) is 4.23. The zero-order valence-corrected chi connectivity index (χ0v) is 14.1. The highest BCUT2D eigenvalue weighted by atomic mass is 79.9. The van der Waals surface area contributed by atoms with Crippen LogP contribution in [-0.4, -0.2) is 17.4 Å². The average Bonchev–Trinajstić information content (AvgIpc) is 3.08. The van der Waals surface area contributed by atoms with Crippen molar-refractivity contribution in [2.45, 2.75) is 6.42 Å². The average molecular weight is 382 g/mol. The summed E-state index contributed by atoms with van der Waals surface area (Å²) in [7, 11) is 0. The lowest BCUT2D eigenvalue weighted by Gasteiger charge is -2.02. The van der Waals surface area contributed by atoms with Gasteiger partial charge in [-0.25, -0.2) is 4.98 Å². The van der Waals surface area contributed by atoms with Gasteiger partial charge < -0.3 is 11.1 Å². The second-order valence-electron chi connectivity index (χ2n) is 4.42. The van der Waals surface area contributed by atoms with Crippen LogP contribution < -0.4 is 11.1 Å². The highest BCUT2D eigenvalue weighted by molar-refractivity contribution is 9.10. The van der Waals surface area contributed by atoms with Crippen LogP contribution in [0.5, 0.6) is 0 Å². The van der Waals surface area contributed by atoms with Gasteiger partial charge in [-0.2, -0.15) is 0 Å². The second-order valence-corrected chi connectivity index (χ2v) is 7.36.